The highest BCUT2D eigenvalue weighted by Gasteiger charge is 2.16. The molecule has 0 atom stereocenters. The number of benzene rings is 2. The molecule has 4 rings (SSSR count). The van der Waals surface area contributed by atoms with Gasteiger partial charge in [-0.25, -0.2) is 0 Å². The molecule has 1 N–H and O–H groups in total. The fraction of sp³-hybridized carbons (Fsp3) is 0.318. The van der Waals surface area contributed by atoms with Gasteiger partial charge in [-0.15, -0.1) is 10.2 Å². The van der Waals surface area contributed by atoms with Gasteiger partial charge in [0.1, 0.15) is 5.82 Å². The highest BCUT2D eigenvalue weighted by Crippen LogP contribution is 2.24. The summed E-state index contributed by atoms with van der Waals surface area (Å²) >= 11 is 1.75. The molecular formula is C22H24N4OS. The maximum absolute atomic E-state index is 12.6. The van der Waals surface area contributed by atoms with Crippen molar-refractivity contribution in [2.24, 2.45) is 0 Å². The van der Waals surface area contributed by atoms with Crippen LogP contribution in [0.25, 0.3) is 11.4 Å². The van der Waals surface area contributed by atoms with E-state index >= 15 is 0 Å². The minimum Gasteiger partial charge on any atom is -0.322 e. The van der Waals surface area contributed by atoms with Crippen molar-refractivity contribution in [3.63, 3.8) is 0 Å². The number of nitrogens with one attached hydrogen (secondary N) is 1. The molecule has 0 radical (unpaired) electrons. The van der Waals surface area contributed by atoms with Crippen LogP contribution >= 0.6 is 11.8 Å². The maximum Gasteiger partial charge on any atom is 0.255 e. The van der Waals surface area contributed by atoms with Crippen molar-refractivity contribution in [2.45, 2.75) is 38.0 Å². The van der Waals surface area contributed by atoms with Crippen LogP contribution in [0.15, 0.2) is 48.5 Å². The van der Waals surface area contributed by atoms with E-state index in [0.717, 1.165) is 47.2 Å². The number of carbonyl (C=O) groups is 1. The first kappa shape index (κ1) is 18.7. The zero-order chi connectivity index (χ0) is 19.3. The van der Waals surface area contributed by atoms with Crippen molar-refractivity contribution in [3.8, 4) is 11.4 Å². The van der Waals surface area contributed by atoms with Crippen molar-refractivity contribution < 1.29 is 4.79 Å². The molecule has 2 heterocycles. The van der Waals surface area contributed by atoms with E-state index in [-0.39, 0.29) is 5.91 Å². The first-order valence-electron chi connectivity index (χ1n) is 9.66. The predicted molar refractivity (Wildman–Crippen MR) is 115 cm³/mol. The molecule has 2 aromatic carbocycles. The Bertz CT molecular complexity index is 965. The van der Waals surface area contributed by atoms with Crippen LogP contribution in [0.5, 0.6) is 0 Å². The summed E-state index contributed by atoms with van der Waals surface area (Å²) in [7, 11) is 0. The van der Waals surface area contributed by atoms with Gasteiger partial charge in [-0.3, -0.25) is 4.79 Å². The Morgan fingerprint density at radius 1 is 1.11 bits per heavy atom. The Balaban J connectivity index is 1.49. The Morgan fingerprint density at radius 2 is 1.96 bits per heavy atom. The van der Waals surface area contributed by atoms with Crippen LogP contribution in [0.2, 0.25) is 0 Å². The average Bonchev–Trinajstić information content (AvgIpc) is 2.97. The third-order valence-corrected chi connectivity index (χ3v) is 5.63. The molecule has 28 heavy (non-hydrogen) atoms. The summed E-state index contributed by atoms with van der Waals surface area (Å²) < 4.78 is 2.23. The second-order valence-electron chi connectivity index (χ2n) is 7.07. The molecular weight excluding hydrogens is 368 g/mol. The molecule has 1 amide bonds. The van der Waals surface area contributed by atoms with Crippen LogP contribution in [0, 0.1) is 0 Å². The largest absolute Gasteiger partial charge is 0.322 e. The number of anilines is 1. The zero-order valence-corrected chi connectivity index (χ0v) is 16.8. The predicted octanol–water partition coefficient (Wildman–Crippen LogP) is 4.79. The number of amides is 1. The molecule has 0 saturated heterocycles. The van der Waals surface area contributed by atoms with E-state index in [9.17, 15) is 4.79 Å². The lowest BCUT2D eigenvalue weighted by Crippen LogP contribution is -2.12. The monoisotopic (exact) mass is 392 g/mol. The smallest absolute Gasteiger partial charge is 0.255 e. The number of aromatic nitrogens is 3. The number of nitrogens with zero attached hydrogens (tertiary/aromatic N) is 3. The molecule has 3 aromatic rings. The summed E-state index contributed by atoms with van der Waals surface area (Å²) in [4.78, 5) is 12.6. The van der Waals surface area contributed by atoms with Crippen molar-refractivity contribution in [1.82, 2.24) is 14.8 Å². The molecule has 1 aromatic heterocycles. The van der Waals surface area contributed by atoms with Gasteiger partial charge in [-0.2, -0.15) is 11.8 Å². The van der Waals surface area contributed by atoms with Crippen LogP contribution < -0.4 is 5.32 Å². The standard InChI is InChI=1S/C22H24N4OS/c1-28-15-16-6-5-7-18(14-16)22(27)23-19-11-9-17(10-12-19)21-25-24-20-8-3-2-4-13-26(20)21/h5-7,9-12,14H,2-4,8,13,15H2,1H3,(H,23,27). The lowest BCUT2D eigenvalue weighted by Gasteiger charge is -2.09. The third-order valence-electron chi connectivity index (χ3n) is 5.01. The number of hydrogen-bond donors (Lipinski definition) is 1. The summed E-state index contributed by atoms with van der Waals surface area (Å²) in [5.41, 5.74) is 3.64. The van der Waals surface area contributed by atoms with Gasteiger partial charge in [-0.05, 0) is 61.1 Å². The number of fused-ring (bicyclic) bond motifs is 1. The van der Waals surface area contributed by atoms with Crippen LogP contribution in [0.3, 0.4) is 0 Å². The van der Waals surface area contributed by atoms with Crippen molar-refractivity contribution in [1.29, 1.82) is 0 Å². The molecule has 1 aliphatic rings. The molecule has 0 fully saturated rings. The van der Waals surface area contributed by atoms with E-state index in [1.54, 1.807) is 11.8 Å². The highest BCUT2D eigenvalue weighted by atomic mass is 32.2. The van der Waals surface area contributed by atoms with E-state index in [4.69, 9.17) is 0 Å². The number of rotatable bonds is 5. The van der Waals surface area contributed by atoms with Gasteiger partial charge in [0.05, 0.1) is 0 Å². The summed E-state index contributed by atoms with van der Waals surface area (Å²) in [6, 6.07) is 15.6. The number of aryl methyl sites for hydroxylation is 1. The second-order valence-corrected chi connectivity index (χ2v) is 7.93. The fourth-order valence-corrected chi connectivity index (χ4v) is 4.09. The molecule has 5 nitrogen and oxygen atoms in total. The molecule has 1 aliphatic heterocycles. The highest BCUT2D eigenvalue weighted by molar-refractivity contribution is 7.97. The normalized spacial score (nSPS) is 13.6. The van der Waals surface area contributed by atoms with Crippen LogP contribution in [-0.4, -0.2) is 26.9 Å². The lowest BCUT2D eigenvalue weighted by molar-refractivity contribution is 0.102. The van der Waals surface area contributed by atoms with Crippen molar-refractivity contribution in [3.05, 3.63) is 65.5 Å². The van der Waals surface area contributed by atoms with Crippen LogP contribution in [0.1, 0.15) is 41.0 Å². The molecule has 6 heteroatoms. The van der Waals surface area contributed by atoms with E-state index in [1.165, 1.54) is 19.3 Å². The number of carbonyl (C=O) groups excluding carboxylic acids is 1. The Hall–Kier alpha value is -2.60. The Kier molecular flexibility index (Phi) is 5.76. The van der Waals surface area contributed by atoms with E-state index in [0.29, 0.717) is 5.56 Å². The van der Waals surface area contributed by atoms with E-state index < -0.39 is 0 Å². The van der Waals surface area contributed by atoms with Crippen LogP contribution in [0.4, 0.5) is 5.69 Å². The SMILES string of the molecule is CSCc1cccc(C(=O)Nc2ccc(-c3nnc4n3CCCCC4)cc2)c1. The Morgan fingerprint density at radius 3 is 2.79 bits per heavy atom. The maximum atomic E-state index is 12.6. The number of thioether (sulfide) groups is 1. The summed E-state index contributed by atoms with van der Waals surface area (Å²) in [5, 5.41) is 11.8. The van der Waals surface area contributed by atoms with Gasteiger partial charge < -0.3 is 9.88 Å². The fourth-order valence-electron chi connectivity index (χ4n) is 3.57. The molecule has 0 aliphatic carbocycles. The minimum atomic E-state index is -0.0907. The van der Waals surface area contributed by atoms with Crippen molar-refractivity contribution in [2.75, 3.05) is 11.6 Å². The summed E-state index contributed by atoms with van der Waals surface area (Å²) in [6.45, 7) is 0.975. The topological polar surface area (TPSA) is 59.8 Å². The molecule has 0 unspecified atom stereocenters. The second kappa shape index (κ2) is 8.61. The number of hydrogen-bond acceptors (Lipinski definition) is 4. The first-order valence-corrected chi connectivity index (χ1v) is 11.1. The van der Waals surface area contributed by atoms with Gasteiger partial charge in [0.2, 0.25) is 0 Å². The van der Waals surface area contributed by atoms with Gasteiger partial charge in [0.15, 0.2) is 5.82 Å². The van der Waals surface area contributed by atoms with Crippen LogP contribution in [-0.2, 0) is 18.7 Å². The lowest BCUT2D eigenvalue weighted by atomic mass is 10.1. The van der Waals surface area contributed by atoms with E-state index in [1.807, 2.05) is 48.5 Å². The Labute approximate surface area is 169 Å². The van der Waals surface area contributed by atoms with E-state index in [2.05, 4.69) is 26.3 Å². The summed E-state index contributed by atoms with van der Waals surface area (Å²) in [5.74, 6) is 2.81. The molecule has 144 valence electrons. The quantitative estimate of drug-likeness (QED) is 0.678. The molecule has 0 saturated carbocycles. The minimum absolute atomic E-state index is 0.0907. The van der Waals surface area contributed by atoms with Gasteiger partial charge >= 0.3 is 0 Å². The third kappa shape index (κ3) is 4.12. The van der Waals surface area contributed by atoms with Gasteiger partial charge in [0.25, 0.3) is 5.91 Å². The van der Waals surface area contributed by atoms with Crippen molar-refractivity contribution >= 4 is 23.4 Å². The first-order chi connectivity index (χ1) is 13.7. The molecule has 0 spiro atoms. The van der Waals surface area contributed by atoms with Gasteiger partial charge in [-0.1, -0.05) is 18.6 Å². The average molecular weight is 393 g/mol. The zero-order valence-electron chi connectivity index (χ0n) is 16.0. The van der Waals surface area contributed by atoms with Gasteiger partial charge in [0, 0.05) is 35.5 Å². The molecule has 0 bridgehead atoms. The summed E-state index contributed by atoms with van der Waals surface area (Å²) in [6.07, 6.45) is 6.65.